The molecule has 220 valence electrons. The second kappa shape index (κ2) is 11.1. The van der Waals surface area contributed by atoms with Crippen LogP contribution in [0, 0.1) is 0 Å². The number of fused-ring (bicyclic) bond motifs is 5. The number of nitrogens with zero attached hydrogens (tertiary/aromatic N) is 5. The smallest absolute Gasteiger partial charge is 0.164 e. The molecule has 0 bridgehead atoms. The number of rotatable bonds is 5. The first-order valence-corrected chi connectivity index (χ1v) is 15.4. The molecule has 0 fully saturated rings. The van der Waals surface area contributed by atoms with Crippen molar-refractivity contribution in [3.05, 3.63) is 152 Å². The summed E-state index contributed by atoms with van der Waals surface area (Å²) in [6.45, 7) is 0. The van der Waals surface area contributed by atoms with Gasteiger partial charge in [-0.05, 0) is 23.3 Å². The summed E-state index contributed by atoms with van der Waals surface area (Å²) < 4.78 is 6.24. The van der Waals surface area contributed by atoms with E-state index >= 15 is 0 Å². The predicted octanol–water partition coefficient (Wildman–Crippen LogP) is 10.0. The molecule has 0 radical (unpaired) electrons. The summed E-state index contributed by atoms with van der Waals surface area (Å²) in [6, 6.07) is 47.0. The quantitative estimate of drug-likeness (QED) is 0.195. The zero-order valence-corrected chi connectivity index (χ0v) is 25.1. The molecule has 0 spiro atoms. The Morgan fingerprint density at radius 3 is 1.74 bits per heavy atom. The van der Waals surface area contributed by atoms with Gasteiger partial charge in [0.15, 0.2) is 28.6 Å². The molecular formula is C41H25N5O. The number of aromatic nitrogens is 5. The number of benzene rings is 5. The minimum absolute atomic E-state index is 0.589. The van der Waals surface area contributed by atoms with Crippen molar-refractivity contribution in [3.8, 4) is 56.5 Å². The molecule has 0 aliphatic heterocycles. The Labute approximate surface area is 270 Å². The van der Waals surface area contributed by atoms with Crippen LogP contribution < -0.4 is 0 Å². The second-order valence-electron chi connectivity index (χ2n) is 11.4. The first kappa shape index (κ1) is 26.8. The summed E-state index contributed by atoms with van der Waals surface area (Å²) >= 11 is 0. The third kappa shape index (κ3) is 4.89. The SMILES string of the molecule is c1ccc(-c2ccc(-c3nc(-c4ccccc4)nc(-c4cccc(-c5cc6c(cn5)oc5c7ccccc7cnc65)c4)n3)cc2)cc1. The van der Waals surface area contributed by atoms with Crippen LogP contribution in [0.3, 0.4) is 0 Å². The second-order valence-corrected chi connectivity index (χ2v) is 11.4. The summed E-state index contributed by atoms with van der Waals surface area (Å²) in [6.07, 6.45) is 3.67. The molecule has 5 aromatic carbocycles. The number of hydrogen-bond donors (Lipinski definition) is 0. The fraction of sp³-hybridized carbons (Fsp3) is 0. The first-order chi connectivity index (χ1) is 23.3. The van der Waals surface area contributed by atoms with E-state index in [9.17, 15) is 0 Å². The Balaban J connectivity index is 1.14. The molecular weight excluding hydrogens is 578 g/mol. The molecule has 0 amide bonds. The highest BCUT2D eigenvalue weighted by atomic mass is 16.3. The molecule has 0 saturated carbocycles. The highest BCUT2D eigenvalue weighted by Gasteiger charge is 2.16. The lowest BCUT2D eigenvalue weighted by atomic mass is 10.0. The van der Waals surface area contributed by atoms with Gasteiger partial charge in [-0.2, -0.15) is 0 Å². The van der Waals surface area contributed by atoms with Gasteiger partial charge in [0.25, 0.3) is 0 Å². The molecule has 9 aromatic rings. The van der Waals surface area contributed by atoms with Crippen LogP contribution in [0.4, 0.5) is 0 Å². The molecule has 47 heavy (non-hydrogen) atoms. The largest absolute Gasteiger partial charge is 0.452 e. The van der Waals surface area contributed by atoms with Gasteiger partial charge in [-0.15, -0.1) is 0 Å². The van der Waals surface area contributed by atoms with Crippen LogP contribution in [0.2, 0.25) is 0 Å². The maximum absolute atomic E-state index is 6.24. The molecule has 0 aliphatic carbocycles. The summed E-state index contributed by atoms with van der Waals surface area (Å²) in [5, 5.41) is 3.00. The molecule has 0 unspecified atom stereocenters. The van der Waals surface area contributed by atoms with Crippen molar-refractivity contribution in [1.29, 1.82) is 0 Å². The molecule has 0 atom stereocenters. The van der Waals surface area contributed by atoms with Crippen LogP contribution >= 0.6 is 0 Å². The Bertz CT molecular complexity index is 2560. The van der Waals surface area contributed by atoms with Crippen molar-refractivity contribution in [3.63, 3.8) is 0 Å². The lowest BCUT2D eigenvalue weighted by Gasteiger charge is -2.10. The van der Waals surface area contributed by atoms with Crippen molar-refractivity contribution in [2.75, 3.05) is 0 Å². The van der Waals surface area contributed by atoms with E-state index in [0.29, 0.717) is 23.1 Å². The van der Waals surface area contributed by atoms with Crippen molar-refractivity contribution >= 4 is 32.8 Å². The monoisotopic (exact) mass is 603 g/mol. The average molecular weight is 604 g/mol. The van der Waals surface area contributed by atoms with Gasteiger partial charge in [0.1, 0.15) is 5.52 Å². The van der Waals surface area contributed by atoms with Crippen LogP contribution in [0.5, 0.6) is 0 Å². The van der Waals surface area contributed by atoms with Gasteiger partial charge in [0.2, 0.25) is 0 Å². The van der Waals surface area contributed by atoms with Crippen LogP contribution in [0.25, 0.3) is 89.4 Å². The van der Waals surface area contributed by atoms with E-state index < -0.39 is 0 Å². The topological polar surface area (TPSA) is 77.6 Å². The molecule has 0 N–H and O–H groups in total. The Morgan fingerprint density at radius 2 is 0.979 bits per heavy atom. The number of furan rings is 1. The average Bonchev–Trinajstić information content (AvgIpc) is 3.54. The molecule has 4 heterocycles. The summed E-state index contributed by atoms with van der Waals surface area (Å²) in [4.78, 5) is 24.4. The standard InChI is InChI=1S/C41H25N5O/c1-3-10-26(11-4-1)27-18-20-29(21-19-27)40-44-39(28-12-5-2-6-13-28)45-41(46-40)31-16-9-15-30(22-31)35-23-34-36(25-42-35)47-38-33-17-8-7-14-32(33)24-43-37(34)38/h1-25H. The van der Waals surface area contributed by atoms with Crippen molar-refractivity contribution in [2.45, 2.75) is 0 Å². The van der Waals surface area contributed by atoms with Crippen molar-refractivity contribution in [1.82, 2.24) is 24.9 Å². The fourth-order valence-electron chi connectivity index (χ4n) is 6.02. The molecule has 6 nitrogen and oxygen atoms in total. The molecule has 4 aromatic heterocycles. The highest BCUT2D eigenvalue weighted by molar-refractivity contribution is 6.12. The Hall–Kier alpha value is -6.53. The van der Waals surface area contributed by atoms with Crippen molar-refractivity contribution in [2.24, 2.45) is 0 Å². The minimum atomic E-state index is 0.589. The van der Waals surface area contributed by atoms with Crippen molar-refractivity contribution < 1.29 is 4.42 Å². The van der Waals surface area contributed by atoms with Gasteiger partial charge in [0, 0.05) is 39.2 Å². The zero-order chi connectivity index (χ0) is 31.2. The third-order valence-corrected chi connectivity index (χ3v) is 8.42. The van der Waals surface area contributed by atoms with E-state index in [-0.39, 0.29) is 0 Å². The molecule has 6 heteroatoms. The van der Waals surface area contributed by atoms with Crippen LogP contribution in [0.15, 0.2) is 156 Å². The van der Waals surface area contributed by atoms with E-state index in [2.05, 4.69) is 48.5 Å². The molecule has 0 aliphatic rings. The summed E-state index contributed by atoms with van der Waals surface area (Å²) in [5.41, 5.74) is 9.06. The normalized spacial score (nSPS) is 11.4. The zero-order valence-electron chi connectivity index (χ0n) is 25.1. The van der Waals surface area contributed by atoms with Crippen LogP contribution in [-0.2, 0) is 0 Å². The number of pyridine rings is 2. The highest BCUT2D eigenvalue weighted by Crippen LogP contribution is 2.35. The van der Waals surface area contributed by atoms with Crippen LogP contribution in [0.1, 0.15) is 0 Å². The summed E-state index contributed by atoms with van der Waals surface area (Å²) in [7, 11) is 0. The van der Waals surface area contributed by atoms with Crippen LogP contribution in [-0.4, -0.2) is 24.9 Å². The van der Waals surface area contributed by atoms with Gasteiger partial charge in [0.05, 0.1) is 17.3 Å². The van der Waals surface area contributed by atoms with E-state index in [0.717, 1.165) is 66.3 Å². The lowest BCUT2D eigenvalue weighted by Crippen LogP contribution is -2.00. The van der Waals surface area contributed by atoms with Gasteiger partial charge in [-0.25, -0.2) is 15.0 Å². The van der Waals surface area contributed by atoms with Gasteiger partial charge >= 0.3 is 0 Å². The third-order valence-electron chi connectivity index (χ3n) is 8.42. The number of hydrogen-bond acceptors (Lipinski definition) is 6. The molecule has 0 saturated heterocycles. The maximum Gasteiger partial charge on any atom is 0.164 e. The maximum atomic E-state index is 6.24. The predicted molar refractivity (Wildman–Crippen MR) is 187 cm³/mol. The minimum Gasteiger partial charge on any atom is -0.452 e. The van der Waals surface area contributed by atoms with Gasteiger partial charge in [-0.3, -0.25) is 9.97 Å². The van der Waals surface area contributed by atoms with E-state index in [1.54, 1.807) is 6.20 Å². The first-order valence-electron chi connectivity index (χ1n) is 15.4. The Kier molecular flexibility index (Phi) is 6.35. The fourth-order valence-corrected chi connectivity index (χ4v) is 6.02. The summed E-state index contributed by atoms with van der Waals surface area (Å²) in [5.74, 6) is 1.82. The van der Waals surface area contributed by atoms with Gasteiger partial charge < -0.3 is 4.42 Å². The molecule has 9 rings (SSSR count). The lowest BCUT2D eigenvalue weighted by molar-refractivity contribution is 0.670. The Morgan fingerprint density at radius 1 is 0.404 bits per heavy atom. The van der Waals surface area contributed by atoms with E-state index in [1.807, 2.05) is 97.2 Å². The van der Waals surface area contributed by atoms with Gasteiger partial charge in [-0.1, -0.05) is 127 Å². The van der Waals surface area contributed by atoms with E-state index in [1.165, 1.54) is 0 Å². The van der Waals surface area contributed by atoms with E-state index in [4.69, 9.17) is 29.3 Å².